The van der Waals surface area contributed by atoms with Crippen LogP contribution in [0.4, 0.5) is 0 Å². The van der Waals surface area contributed by atoms with E-state index in [2.05, 4.69) is 10.4 Å². The first-order valence-electron chi connectivity index (χ1n) is 10.3. The quantitative estimate of drug-likeness (QED) is 0.498. The van der Waals surface area contributed by atoms with E-state index >= 15 is 0 Å². The zero-order valence-electron chi connectivity index (χ0n) is 18.1. The highest BCUT2D eigenvalue weighted by atomic mass is 32.1. The summed E-state index contributed by atoms with van der Waals surface area (Å²) in [5.41, 5.74) is 1.83. The van der Waals surface area contributed by atoms with Crippen molar-refractivity contribution in [1.82, 2.24) is 19.7 Å². The van der Waals surface area contributed by atoms with E-state index in [1.807, 2.05) is 49.4 Å². The van der Waals surface area contributed by atoms with Crippen LogP contribution in [0.15, 0.2) is 77.9 Å². The predicted molar refractivity (Wildman–Crippen MR) is 128 cm³/mol. The van der Waals surface area contributed by atoms with Crippen molar-refractivity contribution in [2.45, 2.75) is 13.0 Å². The number of para-hydroxylation sites is 1. The molecule has 0 bridgehead atoms. The third kappa shape index (κ3) is 4.68. The molecule has 2 aromatic carbocycles. The number of rotatable bonds is 5. The van der Waals surface area contributed by atoms with Crippen molar-refractivity contribution in [3.05, 3.63) is 104 Å². The monoisotopic (exact) mass is 455 g/mol. The average Bonchev–Trinajstić information content (AvgIpc) is 3.38. The largest absolute Gasteiger partial charge is 0.345 e. The minimum absolute atomic E-state index is 0.116. The van der Waals surface area contributed by atoms with Crippen LogP contribution >= 0.6 is 11.3 Å². The molecule has 1 amide bonds. The Morgan fingerprint density at radius 2 is 1.82 bits per heavy atom. The summed E-state index contributed by atoms with van der Waals surface area (Å²) < 4.78 is 3.74. The number of carbonyl (C=O) groups excluding carboxylic acids is 1. The Hall–Kier alpha value is -4.22. The molecule has 1 unspecified atom stereocenters. The number of aromatic nitrogens is 3. The number of hydrogen-bond donors (Lipinski definition) is 1. The molecule has 0 aliphatic carbocycles. The van der Waals surface area contributed by atoms with Gasteiger partial charge in [-0.2, -0.15) is 10.4 Å². The van der Waals surface area contributed by atoms with E-state index in [0.29, 0.717) is 10.2 Å². The van der Waals surface area contributed by atoms with Crippen molar-refractivity contribution in [3.63, 3.8) is 0 Å². The number of nitrogens with zero attached hydrogens (tertiary/aromatic N) is 4. The van der Waals surface area contributed by atoms with Crippen molar-refractivity contribution in [2.75, 3.05) is 0 Å². The standard InChI is InChI=1S/C25H21N5O2S/c1-17(19-9-5-3-6-10-19)28-23(31)21(14-26)25-30(20-11-7-4-8-12-20)24(32)22(33-25)13-18-15-27-29(2)16-18/h3-13,15-17H,1-2H3,(H,28,31)/b22-13-,25-21-. The summed E-state index contributed by atoms with van der Waals surface area (Å²) >= 11 is 1.11. The van der Waals surface area contributed by atoms with Crippen LogP contribution in [0.1, 0.15) is 24.1 Å². The van der Waals surface area contributed by atoms with Gasteiger partial charge in [-0.3, -0.25) is 18.8 Å². The molecule has 0 fully saturated rings. The molecule has 7 nitrogen and oxygen atoms in total. The molecule has 2 heterocycles. The normalized spacial score (nSPS) is 13.3. The number of nitrogens with one attached hydrogen (secondary N) is 1. The van der Waals surface area contributed by atoms with Gasteiger partial charge < -0.3 is 5.32 Å². The maximum absolute atomic E-state index is 13.3. The summed E-state index contributed by atoms with van der Waals surface area (Å²) in [6, 6.07) is 20.2. The van der Waals surface area contributed by atoms with E-state index in [-0.39, 0.29) is 21.8 Å². The summed E-state index contributed by atoms with van der Waals surface area (Å²) in [6.45, 7) is 1.85. The van der Waals surface area contributed by atoms with Crippen LogP contribution in [-0.2, 0) is 11.8 Å². The van der Waals surface area contributed by atoms with Crippen molar-refractivity contribution < 1.29 is 4.79 Å². The fraction of sp³-hybridized carbons (Fsp3) is 0.120. The van der Waals surface area contributed by atoms with Crippen LogP contribution in [0.3, 0.4) is 0 Å². The SMILES string of the molecule is CC(NC(=O)/C(C#N)=c1\s/c(=C\c2cnn(C)c2)c(=O)n1-c1ccccc1)c1ccccc1. The molecule has 0 saturated carbocycles. The van der Waals surface area contributed by atoms with Gasteiger partial charge in [0.05, 0.1) is 22.5 Å². The van der Waals surface area contributed by atoms with E-state index < -0.39 is 5.91 Å². The van der Waals surface area contributed by atoms with Crippen LogP contribution in [0.25, 0.3) is 17.3 Å². The summed E-state index contributed by atoms with van der Waals surface area (Å²) in [4.78, 5) is 26.5. The Balaban J connectivity index is 1.89. The van der Waals surface area contributed by atoms with Crippen LogP contribution in [-0.4, -0.2) is 20.3 Å². The van der Waals surface area contributed by atoms with Crippen LogP contribution in [0, 0.1) is 11.3 Å². The minimum atomic E-state index is -0.535. The Kier molecular flexibility index (Phi) is 6.33. The number of amides is 1. The van der Waals surface area contributed by atoms with Gasteiger partial charge in [0.15, 0.2) is 5.57 Å². The van der Waals surface area contributed by atoms with Gasteiger partial charge in [0, 0.05) is 18.8 Å². The number of benzene rings is 2. The molecular formula is C25H21N5O2S. The Bertz CT molecular complexity index is 1510. The highest BCUT2D eigenvalue weighted by Crippen LogP contribution is 2.12. The van der Waals surface area contributed by atoms with Crippen LogP contribution in [0.5, 0.6) is 0 Å². The third-order valence-corrected chi connectivity index (χ3v) is 6.15. The molecule has 164 valence electrons. The van der Waals surface area contributed by atoms with Gasteiger partial charge in [-0.25, -0.2) is 0 Å². The number of thiazole rings is 1. The summed E-state index contributed by atoms with van der Waals surface area (Å²) in [7, 11) is 1.79. The highest BCUT2D eigenvalue weighted by Gasteiger charge is 2.19. The van der Waals surface area contributed by atoms with Gasteiger partial charge in [0.2, 0.25) is 0 Å². The Labute approximate surface area is 194 Å². The van der Waals surface area contributed by atoms with Gasteiger partial charge in [0.25, 0.3) is 11.5 Å². The first kappa shape index (κ1) is 22.0. The minimum Gasteiger partial charge on any atom is -0.345 e. The molecule has 1 atom stereocenters. The second-order valence-electron chi connectivity index (χ2n) is 7.43. The number of carbonyl (C=O) groups is 1. The summed E-state index contributed by atoms with van der Waals surface area (Å²) in [6.07, 6.45) is 5.14. The molecule has 1 N–H and O–H groups in total. The molecule has 2 aromatic heterocycles. The summed E-state index contributed by atoms with van der Waals surface area (Å²) in [5, 5.41) is 16.9. The lowest BCUT2D eigenvalue weighted by Crippen LogP contribution is -2.34. The number of hydrogen-bond acceptors (Lipinski definition) is 5. The molecular weight excluding hydrogens is 434 g/mol. The molecule has 0 spiro atoms. The van der Waals surface area contributed by atoms with E-state index in [1.54, 1.807) is 54.5 Å². The summed E-state index contributed by atoms with van der Waals surface area (Å²) in [5.74, 6) is -0.535. The predicted octanol–water partition coefficient (Wildman–Crippen LogP) is 2.01. The molecule has 0 aliphatic heterocycles. The molecule has 0 radical (unpaired) electrons. The Morgan fingerprint density at radius 3 is 2.42 bits per heavy atom. The lowest BCUT2D eigenvalue weighted by atomic mass is 10.1. The second-order valence-corrected chi connectivity index (χ2v) is 8.46. The van der Waals surface area contributed by atoms with Crippen molar-refractivity contribution in [2.24, 2.45) is 7.05 Å². The molecule has 33 heavy (non-hydrogen) atoms. The van der Waals surface area contributed by atoms with E-state index in [4.69, 9.17) is 0 Å². The first-order valence-corrected chi connectivity index (χ1v) is 11.1. The van der Waals surface area contributed by atoms with E-state index in [0.717, 1.165) is 22.5 Å². The van der Waals surface area contributed by atoms with Crippen molar-refractivity contribution in [3.8, 4) is 11.8 Å². The van der Waals surface area contributed by atoms with Gasteiger partial charge in [-0.15, -0.1) is 11.3 Å². The maximum atomic E-state index is 13.3. The van der Waals surface area contributed by atoms with Gasteiger partial charge in [0.1, 0.15) is 10.7 Å². The zero-order valence-corrected chi connectivity index (χ0v) is 18.9. The van der Waals surface area contributed by atoms with Crippen molar-refractivity contribution >= 4 is 28.9 Å². The lowest BCUT2D eigenvalue weighted by molar-refractivity contribution is -0.116. The third-order valence-electron chi connectivity index (χ3n) is 5.06. The molecule has 4 rings (SSSR count). The van der Waals surface area contributed by atoms with Crippen LogP contribution in [0.2, 0.25) is 0 Å². The second kappa shape index (κ2) is 9.51. The van der Waals surface area contributed by atoms with Crippen LogP contribution < -0.4 is 20.1 Å². The topological polar surface area (TPSA) is 92.7 Å². The molecule has 0 saturated heterocycles. The number of nitriles is 1. The van der Waals surface area contributed by atoms with E-state index in [1.165, 1.54) is 4.57 Å². The van der Waals surface area contributed by atoms with Gasteiger partial charge >= 0.3 is 0 Å². The fourth-order valence-corrected chi connectivity index (χ4v) is 4.52. The smallest absolute Gasteiger partial charge is 0.273 e. The Morgan fingerprint density at radius 1 is 1.15 bits per heavy atom. The lowest BCUT2D eigenvalue weighted by Gasteiger charge is -2.13. The molecule has 4 aromatic rings. The number of aryl methyl sites for hydroxylation is 1. The van der Waals surface area contributed by atoms with Gasteiger partial charge in [-0.05, 0) is 30.7 Å². The highest BCUT2D eigenvalue weighted by molar-refractivity contribution is 7.07. The van der Waals surface area contributed by atoms with Gasteiger partial charge in [-0.1, -0.05) is 48.5 Å². The maximum Gasteiger partial charge on any atom is 0.273 e. The molecule has 8 heteroatoms. The molecule has 0 aliphatic rings. The van der Waals surface area contributed by atoms with Crippen molar-refractivity contribution in [1.29, 1.82) is 5.26 Å². The van der Waals surface area contributed by atoms with E-state index in [9.17, 15) is 14.9 Å². The first-order chi connectivity index (χ1) is 16.0. The fourth-order valence-electron chi connectivity index (χ4n) is 3.42. The average molecular weight is 456 g/mol. The zero-order chi connectivity index (χ0) is 23.4.